The molecule has 4 amide bonds. The van der Waals surface area contributed by atoms with Gasteiger partial charge in [0.25, 0.3) is 5.91 Å². The summed E-state index contributed by atoms with van der Waals surface area (Å²) >= 11 is 0. The SMILES string of the molecule is CCOC(=O)C1CCCN(C(=O)CN2C(=O)NC(C)(c3ccccc3C)C2=O)C1. The predicted octanol–water partition coefficient (Wildman–Crippen LogP) is 1.56. The molecule has 0 aromatic heterocycles. The third-order valence-electron chi connectivity index (χ3n) is 5.65. The molecule has 2 fully saturated rings. The lowest BCUT2D eigenvalue weighted by Crippen LogP contribution is -2.48. The molecule has 8 nitrogen and oxygen atoms in total. The number of amides is 4. The number of carbonyl (C=O) groups excluding carboxylic acids is 4. The Hall–Kier alpha value is -2.90. The average Bonchev–Trinajstić information content (AvgIpc) is 2.92. The molecule has 29 heavy (non-hydrogen) atoms. The summed E-state index contributed by atoms with van der Waals surface area (Å²) in [5, 5.41) is 2.73. The zero-order chi connectivity index (χ0) is 21.2. The first-order valence-corrected chi connectivity index (χ1v) is 9.92. The molecule has 8 heteroatoms. The van der Waals surface area contributed by atoms with Gasteiger partial charge in [-0.15, -0.1) is 0 Å². The van der Waals surface area contributed by atoms with Gasteiger partial charge in [0, 0.05) is 13.1 Å². The van der Waals surface area contributed by atoms with E-state index in [4.69, 9.17) is 4.74 Å². The number of ether oxygens (including phenoxy) is 1. The van der Waals surface area contributed by atoms with Crippen molar-refractivity contribution >= 4 is 23.8 Å². The Morgan fingerprint density at radius 2 is 2.00 bits per heavy atom. The van der Waals surface area contributed by atoms with Crippen LogP contribution in [0.5, 0.6) is 0 Å². The van der Waals surface area contributed by atoms with Crippen molar-refractivity contribution in [3.05, 3.63) is 35.4 Å². The summed E-state index contributed by atoms with van der Waals surface area (Å²) in [6.45, 7) is 5.95. The van der Waals surface area contributed by atoms with E-state index in [1.165, 1.54) is 4.90 Å². The summed E-state index contributed by atoms with van der Waals surface area (Å²) in [5.41, 5.74) is 0.372. The Morgan fingerprint density at radius 3 is 2.69 bits per heavy atom. The minimum Gasteiger partial charge on any atom is -0.466 e. The number of hydrogen-bond acceptors (Lipinski definition) is 5. The first-order chi connectivity index (χ1) is 13.8. The number of aryl methyl sites for hydroxylation is 1. The lowest BCUT2D eigenvalue weighted by molar-refractivity contribution is -0.152. The van der Waals surface area contributed by atoms with Gasteiger partial charge in [-0.25, -0.2) is 4.79 Å². The van der Waals surface area contributed by atoms with E-state index in [0.29, 0.717) is 31.6 Å². The second-order valence-corrected chi connectivity index (χ2v) is 7.69. The van der Waals surface area contributed by atoms with Gasteiger partial charge in [0.1, 0.15) is 12.1 Å². The third-order valence-corrected chi connectivity index (χ3v) is 5.65. The largest absolute Gasteiger partial charge is 0.466 e. The molecule has 1 aromatic rings. The number of nitrogens with one attached hydrogen (secondary N) is 1. The zero-order valence-electron chi connectivity index (χ0n) is 17.1. The van der Waals surface area contributed by atoms with Crippen LogP contribution in [-0.2, 0) is 24.7 Å². The van der Waals surface area contributed by atoms with E-state index in [1.807, 2.05) is 25.1 Å². The molecule has 3 rings (SSSR count). The fraction of sp³-hybridized carbons (Fsp3) is 0.524. The first-order valence-electron chi connectivity index (χ1n) is 9.92. The molecule has 2 unspecified atom stereocenters. The highest BCUT2D eigenvalue weighted by atomic mass is 16.5. The molecule has 2 heterocycles. The van der Waals surface area contributed by atoms with Crippen LogP contribution in [0.4, 0.5) is 4.79 Å². The fourth-order valence-electron chi connectivity index (χ4n) is 4.05. The highest BCUT2D eigenvalue weighted by Crippen LogP contribution is 2.31. The summed E-state index contributed by atoms with van der Waals surface area (Å²) in [6, 6.07) is 6.75. The first kappa shape index (κ1) is 20.8. The molecule has 0 saturated carbocycles. The maximum atomic E-state index is 13.1. The quantitative estimate of drug-likeness (QED) is 0.597. The van der Waals surface area contributed by atoms with Crippen molar-refractivity contribution in [2.75, 3.05) is 26.2 Å². The summed E-state index contributed by atoms with van der Waals surface area (Å²) in [4.78, 5) is 52.9. The Balaban J connectivity index is 1.71. The lowest BCUT2D eigenvalue weighted by Gasteiger charge is -2.32. The highest BCUT2D eigenvalue weighted by Gasteiger charge is 2.50. The van der Waals surface area contributed by atoms with Crippen molar-refractivity contribution in [1.29, 1.82) is 0 Å². The molecule has 0 aliphatic carbocycles. The standard InChI is InChI=1S/C21H27N3O5/c1-4-29-18(26)15-9-7-11-23(12-15)17(25)13-24-19(27)21(3,22-20(24)28)16-10-6-5-8-14(16)2/h5-6,8,10,15H,4,7,9,11-13H2,1-3H3,(H,22,28). The Labute approximate surface area is 170 Å². The number of hydrogen-bond donors (Lipinski definition) is 1. The van der Waals surface area contributed by atoms with Crippen molar-refractivity contribution in [2.45, 2.75) is 39.2 Å². The van der Waals surface area contributed by atoms with Crippen LogP contribution in [0.1, 0.15) is 37.8 Å². The van der Waals surface area contributed by atoms with Gasteiger partial charge in [0.2, 0.25) is 5.91 Å². The van der Waals surface area contributed by atoms with E-state index >= 15 is 0 Å². The van der Waals surface area contributed by atoms with Gasteiger partial charge in [0.05, 0.1) is 12.5 Å². The maximum absolute atomic E-state index is 13.1. The second-order valence-electron chi connectivity index (χ2n) is 7.69. The molecule has 1 aromatic carbocycles. The highest BCUT2D eigenvalue weighted by molar-refractivity contribution is 6.09. The van der Waals surface area contributed by atoms with E-state index in [9.17, 15) is 19.2 Å². The summed E-state index contributed by atoms with van der Waals surface area (Å²) in [6.07, 6.45) is 1.34. The van der Waals surface area contributed by atoms with Crippen molar-refractivity contribution in [2.24, 2.45) is 5.92 Å². The number of piperidine rings is 1. The molecule has 0 spiro atoms. The van der Waals surface area contributed by atoms with Gasteiger partial charge in [-0.1, -0.05) is 24.3 Å². The van der Waals surface area contributed by atoms with Gasteiger partial charge < -0.3 is 15.0 Å². The Kier molecular flexibility index (Phi) is 5.91. The lowest BCUT2D eigenvalue weighted by atomic mass is 9.88. The smallest absolute Gasteiger partial charge is 0.325 e. The number of imide groups is 1. The molecule has 1 N–H and O–H groups in total. The molecule has 156 valence electrons. The molecular weight excluding hydrogens is 374 g/mol. The summed E-state index contributed by atoms with van der Waals surface area (Å²) in [5.74, 6) is -1.49. The predicted molar refractivity (Wildman–Crippen MR) is 105 cm³/mol. The number of rotatable bonds is 5. The van der Waals surface area contributed by atoms with Crippen LogP contribution in [0.15, 0.2) is 24.3 Å². The minimum absolute atomic E-state index is 0.246. The van der Waals surface area contributed by atoms with Crippen LogP contribution in [0.2, 0.25) is 0 Å². The second kappa shape index (κ2) is 8.23. The summed E-state index contributed by atoms with van der Waals surface area (Å²) in [7, 11) is 0. The Bertz CT molecular complexity index is 839. The van der Waals surface area contributed by atoms with Crippen molar-refractivity contribution in [3.63, 3.8) is 0 Å². The Morgan fingerprint density at radius 1 is 1.28 bits per heavy atom. The van der Waals surface area contributed by atoms with E-state index in [1.54, 1.807) is 19.9 Å². The van der Waals surface area contributed by atoms with Crippen molar-refractivity contribution in [1.82, 2.24) is 15.1 Å². The van der Waals surface area contributed by atoms with Crippen molar-refractivity contribution in [3.8, 4) is 0 Å². The topological polar surface area (TPSA) is 96.0 Å². The third kappa shape index (κ3) is 3.97. The van der Waals surface area contributed by atoms with Gasteiger partial charge >= 0.3 is 12.0 Å². The normalized spacial score (nSPS) is 24.4. The summed E-state index contributed by atoms with van der Waals surface area (Å²) < 4.78 is 5.06. The number of esters is 1. The van der Waals surface area contributed by atoms with E-state index in [0.717, 1.165) is 10.5 Å². The van der Waals surface area contributed by atoms with Crippen LogP contribution in [0, 0.1) is 12.8 Å². The number of nitrogens with zero attached hydrogens (tertiary/aromatic N) is 2. The molecule has 0 radical (unpaired) electrons. The maximum Gasteiger partial charge on any atom is 0.325 e. The monoisotopic (exact) mass is 401 g/mol. The molecule has 0 bridgehead atoms. The van der Waals surface area contributed by atoms with Gasteiger partial charge in [-0.3, -0.25) is 19.3 Å². The van der Waals surface area contributed by atoms with Gasteiger partial charge in [0.15, 0.2) is 0 Å². The van der Waals surface area contributed by atoms with Crippen molar-refractivity contribution < 1.29 is 23.9 Å². The number of likely N-dealkylation sites (tertiary alicyclic amines) is 1. The number of carbonyl (C=O) groups is 4. The minimum atomic E-state index is -1.21. The van der Waals surface area contributed by atoms with Crippen LogP contribution >= 0.6 is 0 Å². The molecule has 2 saturated heterocycles. The molecular formula is C21H27N3O5. The van der Waals surface area contributed by atoms with E-state index in [-0.39, 0.29) is 30.9 Å². The van der Waals surface area contributed by atoms with Crippen LogP contribution in [0.25, 0.3) is 0 Å². The van der Waals surface area contributed by atoms with E-state index < -0.39 is 17.5 Å². The van der Waals surface area contributed by atoms with Crippen LogP contribution in [0.3, 0.4) is 0 Å². The number of benzene rings is 1. The molecule has 2 atom stereocenters. The van der Waals surface area contributed by atoms with E-state index in [2.05, 4.69) is 5.32 Å². The zero-order valence-corrected chi connectivity index (χ0v) is 17.1. The molecule has 2 aliphatic heterocycles. The van der Waals surface area contributed by atoms with Crippen LogP contribution in [-0.4, -0.2) is 59.9 Å². The number of urea groups is 1. The fourth-order valence-corrected chi connectivity index (χ4v) is 4.05. The average molecular weight is 401 g/mol. The van der Waals surface area contributed by atoms with Gasteiger partial charge in [-0.2, -0.15) is 0 Å². The van der Waals surface area contributed by atoms with Crippen LogP contribution < -0.4 is 5.32 Å². The molecule has 2 aliphatic rings. The van der Waals surface area contributed by atoms with Gasteiger partial charge in [-0.05, 0) is 44.7 Å².